The summed E-state index contributed by atoms with van der Waals surface area (Å²) in [6.07, 6.45) is 1.18. The molecule has 1 nitrogen and oxygen atoms in total. The lowest BCUT2D eigenvalue weighted by Gasteiger charge is -2.10. The molecule has 1 N–H and O–H groups in total. The molecule has 0 bridgehead atoms. The van der Waals surface area contributed by atoms with E-state index in [4.69, 9.17) is 11.6 Å². The minimum Gasteiger partial charge on any atom is -0.392 e. The van der Waals surface area contributed by atoms with E-state index >= 15 is 0 Å². The topological polar surface area (TPSA) is 20.2 Å². The summed E-state index contributed by atoms with van der Waals surface area (Å²) in [5.74, 6) is 1.77. The van der Waals surface area contributed by atoms with Crippen LogP contribution in [0.2, 0.25) is 5.02 Å². The first-order chi connectivity index (χ1) is 7.17. The summed E-state index contributed by atoms with van der Waals surface area (Å²) in [6.45, 7) is 4.51. The molecule has 3 heteroatoms. The van der Waals surface area contributed by atoms with Gasteiger partial charge in [-0.3, -0.25) is 0 Å². The van der Waals surface area contributed by atoms with Crippen LogP contribution in [-0.2, 0) is 6.61 Å². The van der Waals surface area contributed by atoms with Crippen LogP contribution in [0.5, 0.6) is 0 Å². The van der Waals surface area contributed by atoms with Crippen molar-refractivity contribution in [3.63, 3.8) is 0 Å². The third-order valence-corrected chi connectivity index (χ3v) is 4.08. The molecule has 1 unspecified atom stereocenters. The van der Waals surface area contributed by atoms with Crippen molar-refractivity contribution in [3.8, 4) is 0 Å². The predicted octanol–water partition coefficient (Wildman–Crippen LogP) is 3.97. The Kier molecular flexibility index (Phi) is 5.51. The monoisotopic (exact) mass is 244 g/mol. The van der Waals surface area contributed by atoms with Crippen LogP contribution in [0.15, 0.2) is 23.1 Å². The number of aliphatic hydroxyl groups excluding tert-OH is 1. The smallest absolute Gasteiger partial charge is 0.0692 e. The first-order valence-electron chi connectivity index (χ1n) is 5.19. The summed E-state index contributed by atoms with van der Waals surface area (Å²) in [4.78, 5) is 1.10. The fraction of sp³-hybridized carbons (Fsp3) is 0.500. The van der Waals surface area contributed by atoms with E-state index in [0.29, 0.717) is 5.92 Å². The highest BCUT2D eigenvalue weighted by atomic mass is 35.5. The van der Waals surface area contributed by atoms with Gasteiger partial charge in [0.05, 0.1) is 6.61 Å². The Balaban J connectivity index is 2.69. The van der Waals surface area contributed by atoms with Gasteiger partial charge >= 0.3 is 0 Å². The van der Waals surface area contributed by atoms with Crippen molar-refractivity contribution in [2.75, 3.05) is 5.75 Å². The Morgan fingerprint density at radius 2 is 2.20 bits per heavy atom. The highest BCUT2D eigenvalue weighted by molar-refractivity contribution is 7.99. The van der Waals surface area contributed by atoms with E-state index in [1.165, 1.54) is 6.42 Å². The van der Waals surface area contributed by atoms with Crippen molar-refractivity contribution in [1.82, 2.24) is 0 Å². The Bertz CT molecular complexity index is 314. The van der Waals surface area contributed by atoms with E-state index in [9.17, 15) is 5.11 Å². The molecule has 0 saturated carbocycles. The van der Waals surface area contributed by atoms with Gasteiger partial charge in [-0.2, -0.15) is 0 Å². The maximum Gasteiger partial charge on any atom is 0.0692 e. The summed E-state index contributed by atoms with van der Waals surface area (Å²) in [5, 5.41) is 9.91. The molecule has 0 aromatic heterocycles. The highest BCUT2D eigenvalue weighted by Crippen LogP contribution is 2.28. The van der Waals surface area contributed by atoms with E-state index in [1.807, 2.05) is 18.2 Å². The first-order valence-corrected chi connectivity index (χ1v) is 6.55. The molecular weight excluding hydrogens is 228 g/mol. The first kappa shape index (κ1) is 12.9. The van der Waals surface area contributed by atoms with Gasteiger partial charge in [0.2, 0.25) is 0 Å². The van der Waals surface area contributed by atoms with E-state index in [-0.39, 0.29) is 6.61 Å². The second-order valence-electron chi connectivity index (χ2n) is 3.73. The van der Waals surface area contributed by atoms with Gasteiger partial charge in [-0.1, -0.05) is 37.9 Å². The average Bonchev–Trinajstić information content (AvgIpc) is 2.26. The molecule has 0 fully saturated rings. The molecule has 0 radical (unpaired) electrons. The van der Waals surface area contributed by atoms with Gasteiger partial charge < -0.3 is 5.11 Å². The standard InChI is InChI=1S/C12H17ClOS/c1-3-9(2)8-15-12-6-11(13)5-4-10(12)7-14/h4-6,9,14H,3,7-8H2,1-2H3. The molecule has 1 aromatic carbocycles. The largest absolute Gasteiger partial charge is 0.392 e. The zero-order valence-corrected chi connectivity index (χ0v) is 10.7. The summed E-state index contributed by atoms with van der Waals surface area (Å²) in [5.41, 5.74) is 0.965. The molecular formula is C12H17ClOS. The van der Waals surface area contributed by atoms with Gasteiger partial charge in [0, 0.05) is 15.7 Å². The minimum atomic E-state index is 0.0833. The predicted molar refractivity (Wildman–Crippen MR) is 67.6 cm³/mol. The summed E-state index contributed by atoms with van der Waals surface area (Å²) in [6, 6.07) is 5.64. The molecule has 0 aliphatic rings. The van der Waals surface area contributed by atoms with Crippen molar-refractivity contribution >= 4 is 23.4 Å². The average molecular weight is 245 g/mol. The van der Waals surface area contributed by atoms with E-state index < -0.39 is 0 Å². The molecule has 1 atom stereocenters. The quantitative estimate of drug-likeness (QED) is 0.791. The molecule has 0 aliphatic heterocycles. The maximum atomic E-state index is 9.18. The lowest BCUT2D eigenvalue weighted by atomic mass is 10.2. The third-order valence-electron chi connectivity index (χ3n) is 2.42. The molecule has 0 aliphatic carbocycles. The summed E-state index contributed by atoms with van der Waals surface area (Å²) < 4.78 is 0. The molecule has 0 amide bonds. The van der Waals surface area contributed by atoms with Crippen molar-refractivity contribution in [2.45, 2.75) is 31.8 Å². The summed E-state index contributed by atoms with van der Waals surface area (Å²) in [7, 11) is 0. The van der Waals surface area contributed by atoms with Gasteiger partial charge in [0.25, 0.3) is 0 Å². The van der Waals surface area contributed by atoms with Crippen molar-refractivity contribution in [3.05, 3.63) is 28.8 Å². The zero-order chi connectivity index (χ0) is 11.3. The fourth-order valence-electron chi connectivity index (χ4n) is 1.14. The lowest BCUT2D eigenvalue weighted by Crippen LogP contribution is -1.96. The Labute approximate surface area is 101 Å². The minimum absolute atomic E-state index is 0.0833. The SMILES string of the molecule is CCC(C)CSc1cc(Cl)ccc1CO. The van der Waals surface area contributed by atoms with Gasteiger partial charge in [-0.05, 0) is 23.6 Å². The van der Waals surface area contributed by atoms with E-state index in [1.54, 1.807) is 11.8 Å². The molecule has 0 saturated heterocycles. The normalized spacial score (nSPS) is 12.8. The van der Waals surface area contributed by atoms with Gasteiger partial charge in [-0.25, -0.2) is 0 Å². The Morgan fingerprint density at radius 3 is 2.80 bits per heavy atom. The fourth-order valence-corrected chi connectivity index (χ4v) is 2.61. The number of hydrogen-bond donors (Lipinski definition) is 1. The number of thioether (sulfide) groups is 1. The van der Waals surface area contributed by atoms with Crippen LogP contribution in [-0.4, -0.2) is 10.9 Å². The van der Waals surface area contributed by atoms with Crippen LogP contribution < -0.4 is 0 Å². The van der Waals surface area contributed by atoms with Gasteiger partial charge in [0.1, 0.15) is 0 Å². The molecule has 0 spiro atoms. The molecule has 84 valence electrons. The van der Waals surface area contributed by atoms with Crippen LogP contribution in [0.1, 0.15) is 25.8 Å². The summed E-state index contributed by atoms with van der Waals surface area (Å²) >= 11 is 7.70. The van der Waals surface area contributed by atoms with Crippen molar-refractivity contribution < 1.29 is 5.11 Å². The number of aliphatic hydroxyl groups is 1. The van der Waals surface area contributed by atoms with Crippen LogP contribution >= 0.6 is 23.4 Å². The molecule has 15 heavy (non-hydrogen) atoms. The van der Waals surface area contributed by atoms with E-state index in [2.05, 4.69) is 13.8 Å². The van der Waals surface area contributed by atoms with Crippen LogP contribution in [0.4, 0.5) is 0 Å². The second kappa shape index (κ2) is 6.41. The molecule has 1 rings (SSSR count). The van der Waals surface area contributed by atoms with Crippen LogP contribution in [0, 0.1) is 5.92 Å². The van der Waals surface area contributed by atoms with Gasteiger partial charge in [0.15, 0.2) is 0 Å². The number of halogens is 1. The van der Waals surface area contributed by atoms with Crippen LogP contribution in [0.3, 0.4) is 0 Å². The van der Waals surface area contributed by atoms with E-state index in [0.717, 1.165) is 21.2 Å². The lowest BCUT2D eigenvalue weighted by molar-refractivity contribution is 0.279. The molecule has 1 aromatic rings. The Morgan fingerprint density at radius 1 is 1.47 bits per heavy atom. The van der Waals surface area contributed by atoms with Crippen molar-refractivity contribution in [2.24, 2.45) is 5.92 Å². The Hall–Kier alpha value is -0.180. The number of benzene rings is 1. The van der Waals surface area contributed by atoms with Crippen molar-refractivity contribution in [1.29, 1.82) is 0 Å². The number of rotatable bonds is 5. The maximum absolute atomic E-state index is 9.18. The second-order valence-corrected chi connectivity index (χ2v) is 5.23. The highest BCUT2D eigenvalue weighted by Gasteiger charge is 2.05. The molecule has 0 heterocycles. The third kappa shape index (κ3) is 4.06. The zero-order valence-electron chi connectivity index (χ0n) is 9.16. The van der Waals surface area contributed by atoms with Crippen LogP contribution in [0.25, 0.3) is 0 Å². The van der Waals surface area contributed by atoms with Gasteiger partial charge in [-0.15, -0.1) is 11.8 Å². The number of hydrogen-bond acceptors (Lipinski definition) is 2.